The topological polar surface area (TPSA) is 56.1 Å². The Bertz CT molecular complexity index is 1240. The fourth-order valence-electron chi connectivity index (χ4n) is 3.98. The number of ether oxygens (including phenoxy) is 1. The molecule has 0 saturated carbocycles. The molecule has 1 N–H and O–H groups in total. The van der Waals surface area contributed by atoms with Gasteiger partial charge in [-0.05, 0) is 29.3 Å². The molecule has 3 aromatic carbocycles. The van der Waals surface area contributed by atoms with Crippen LogP contribution in [-0.4, -0.2) is 15.5 Å². The maximum atomic E-state index is 14.5. The van der Waals surface area contributed by atoms with Gasteiger partial charge in [-0.15, -0.1) is 0 Å². The number of fused-ring (bicyclic) bond motifs is 1. The molecule has 0 aliphatic carbocycles. The van der Waals surface area contributed by atoms with Gasteiger partial charge in [0.15, 0.2) is 17.2 Å². The summed E-state index contributed by atoms with van der Waals surface area (Å²) in [7, 11) is 0. The van der Waals surface area contributed by atoms with Gasteiger partial charge in [-0.3, -0.25) is 4.79 Å². The van der Waals surface area contributed by atoms with E-state index in [1.165, 1.54) is 18.6 Å². The van der Waals surface area contributed by atoms with Crippen molar-refractivity contribution >= 4 is 11.6 Å². The van der Waals surface area contributed by atoms with E-state index in [1.807, 2.05) is 30.3 Å². The smallest absolute Gasteiger partial charge is 0.260 e. The van der Waals surface area contributed by atoms with Crippen LogP contribution in [0.25, 0.3) is 0 Å². The molecule has 0 bridgehead atoms. The Hall–Kier alpha value is -4.00. The largest absolute Gasteiger partial charge is 0.489 e. The fraction of sp³-hybridized carbons (Fsp3) is 0.0833. The highest BCUT2D eigenvalue weighted by molar-refractivity contribution is 6.08. The predicted octanol–water partition coefficient (Wildman–Crippen LogP) is 4.48. The SMILES string of the molecule is O=C1Nc2c(ccc(F)c2F)C1(c1ccc(OCc2ccccc2)cc1)n1ccnc1. The number of imidazole rings is 1. The molecule has 1 amide bonds. The summed E-state index contributed by atoms with van der Waals surface area (Å²) >= 11 is 0. The Morgan fingerprint density at radius 2 is 1.77 bits per heavy atom. The number of halogens is 2. The van der Waals surface area contributed by atoms with Gasteiger partial charge >= 0.3 is 0 Å². The van der Waals surface area contributed by atoms with Crippen molar-refractivity contribution in [2.75, 3.05) is 5.32 Å². The number of nitrogens with one attached hydrogen (secondary N) is 1. The Morgan fingerprint density at radius 3 is 2.48 bits per heavy atom. The summed E-state index contributed by atoms with van der Waals surface area (Å²) in [4.78, 5) is 17.3. The lowest BCUT2D eigenvalue weighted by atomic mass is 9.83. The normalized spacial score (nSPS) is 17.3. The lowest BCUT2D eigenvalue weighted by molar-refractivity contribution is -0.120. The minimum Gasteiger partial charge on any atom is -0.489 e. The lowest BCUT2D eigenvalue weighted by Crippen LogP contribution is -2.42. The summed E-state index contributed by atoms with van der Waals surface area (Å²) in [6, 6.07) is 19.2. The third-order valence-corrected chi connectivity index (χ3v) is 5.46. The Labute approximate surface area is 176 Å². The number of amides is 1. The fourth-order valence-corrected chi connectivity index (χ4v) is 3.98. The summed E-state index contributed by atoms with van der Waals surface area (Å²) < 4.78 is 35.7. The van der Waals surface area contributed by atoms with Gasteiger partial charge in [-0.2, -0.15) is 0 Å². The van der Waals surface area contributed by atoms with Gasteiger partial charge < -0.3 is 14.6 Å². The van der Waals surface area contributed by atoms with Crippen LogP contribution < -0.4 is 10.1 Å². The van der Waals surface area contributed by atoms with Gasteiger partial charge in [0.25, 0.3) is 5.91 Å². The minimum atomic E-state index is -1.42. The number of carbonyl (C=O) groups excluding carboxylic acids is 1. The Morgan fingerprint density at radius 1 is 1.00 bits per heavy atom. The summed E-state index contributed by atoms with van der Waals surface area (Å²) in [5.74, 6) is -1.99. The van der Waals surface area contributed by atoms with Gasteiger partial charge in [0, 0.05) is 18.0 Å². The Balaban J connectivity index is 1.56. The summed E-state index contributed by atoms with van der Waals surface area (Å²) in [5.41, 5.74) is 0.330. The standard InChI is InChI=1S/C24H17F2N3O2/c25-20-11-10-19-22(21(20)26)28-23(30)24(19,29-13-12-27-15-29)17-6-8-18(9-7-17)31-14-16-4-2-1-3-5-16/h1-13,15H,14H2,(H,28,30). The zero-order chi connectivity index (χ0) is 21.4. The summed E-state index contributed by atoms with van der Waals surface area (Å²) in [5, 5.41) is 2.51. The van der Waals surface area contributed by atoms with Crippen molar-refractivity contribution in [2.45, 2.75) is 12.1 Å². The second kappa shape index (κ2) is 7.36. The number of benzene rings is 3. The van der Waals surface area contributed by atoms with E-state index in [1.54, 1.807) is 35.0 Å². The highest BCUT2D eigenvalue weighted by atomic mass is 19.2. The van der Waals surface area contributed by atoms with Gasteiger partial charge in [0.2, 0.25) is 0 Å². The Kier molecular flexibility index (Phi) is 4.51. The predicted molar refractivity (Wildman–Crippen MR) is 111 cm³/mol. The van der Waals surface area contributed by atoms with E-state index >= 15 is 0 Å². The first kappa shape index (κ1) is 19.0. The summed E-state index contributed by atoms with van der Waals surface area (Å²) in [6.45, 7) is 0.403. The molecule has 0 radical (unpaired) electrons. The molecular formula is C24H17F2N3O2. The molecule has 1 unspecified atom stereocenters. The average molecular weight is 417 g/mol. The van der Waals surface area contributed by atoms with Gasteiger partial charge in [-0.25, -0.2) is 13.8 Å². The van der Waals surface area contributed by atoms with E-state index in [0.717, 1.165) is 11.6 Å². The number of rotatable bonds is 5. The van der Waals surface area contributed by atoms with E-state index in [4.69, 9.17) is 4.74 Å². The molecule has 154 valence electrons. The second-order valence-corrected chi connectivity index (χ2v) is 7.22. The van der Waals surface area contributed by atoms with Crippen molar-refractivity contribution in [3.63, 3.8) is 0 Å². The van der Waals surface area contributed by atoms with E-state index in [-0.39, 0.29) is 5.69 Å². The highest BCUT2D eigenvalue weighted by Gasteiger charge is 2.51. The molecule has 1 aliphatic rings. The van der Waals surface area contributed by atoms with Crippen LogP contribution in [0.1, 0.15) is 16.7 Å². The van der Waals surface area contributed by atoms with Crippen LogP contribution in [-0.2, 0) is 16.9 Å². The van der Waals surface area contributed by atoms with Crippen LogP contribution >= 0.6 is 0 Å². The summed E-state index contributed by atoms with van der Waals surface area (Å²) in [6.07, 6.45) is 4.63. The third kappa shape index (κ3) is 2.97. The molecule has 31 heavy (non-hydrogen) atoms. The van der Waals surface area contributed by atoms with Crippen LogP contribution in [0.3, 0.4) is 0 Å². The first-order valence-corrected chi connectivity index (χ1v) is 9.66. The highest BCUT2D eigenvalue weighted by Crippen LogP contribution is 2.45. The molecule has 5 nitrogen and oxygen atoms in total. The molecule has 4 aromatic rings. The number of carbonyl (C=O) groups is 1. The maximum absolute atomic E-state index is 14.5. The number of nitrogens with zero attached hydrogens (tertiary/aromatic N) is 2. The monoisotopic (exact) mass is 417 g/mol. The van der Waals surface area contributed by atoms with E-state index in [9.17, 15) is 13.6 Å². The van der Waals surface area contributed by atoms with Crippen molar-refractivity contribution in [1.82, 2.24) is 9.55 Å². The van der Waals surface area contributed by atoms with Crippen molar-refractivity contribution in [1.29, 1.82) is 0 Å². The van der Waals surface area contributed by atoms with Gasteiger partial charge in [0.05, 0.1) is 12.0 Å². The first-order valence-electron chi connectivity index (χ1n) is 9.66. The maximum Gasteiger partial charge on any atom is 0.260 e. The molecule has 7 heteroatoms. The molecule has 5 rings (SSSR count). The molecule has 1 aromatic heterocycles. The molecular weight excluding hydrogens is 400 g/mol. The molecule has 1 aliphatic heterocycles. The van der Waals surface area contributed by atoms with Crippen LogP contribution in [0.5, 0.6) is 5.75 Å². The number of aromatic nitrogens is 2. The van der Waals surface area contributed by atoms with Crippen LogP contribution in [0, 0.1) is 11.6 Å². The van der Waals surface area contributed by atoms with Crippen molar-refractivity contribution in [3.8, 4) is 5.75 Å². The molecule has 2 heterocycles. The van der Waals surface area contributed by atoms with Gasteiger partial charge in [0.1, 0.15) is 12.4 Å². The van der Waals surface area contributed by atoms with Crippen molar-refractivity contribution < 1.29 is 18.3 Å². The molecule has 0 spiro atoms. The second-order valence-electron chi connectivity index (χ2n) is 7.22. The van der Waals surface area contributed by atoms with E-state index < -0.39 is 23.1 Å². The van der Waals surface area contributed by atoms with E-state index in [0.29, 0.717) is 23.5 Å². The minimum absolute atomic E-state index is 0.164. The average Bonchev–Trinajstić information content (AvgIpc) is 3.43. The number of anilines is 1. The number of hydrogen-bond donors (Lipinski definition) is 1. The quantitative estimate of drug-likeness (QED) is 0.521. The van der Waals surface area contributed by atoms with Crippen molar-refractivity contribution in [3.05, 3.63) is 114 Å². The zero-order valence-corrected chi connectivity index (χ0v) is 16.3. The number of hydrogen-bond acceptors (Lipinski definition) is 3. The molecule has 1 atom stereocenters. The molecule has 0 fully saturated rings. The lowest BCUT2D eigenvalue weighted by Gasteiger charge is -2.29. The molecule has 0 saturated heterocycles. The van der Waals surface area contributed by atoms with Gasteiger partial charge in [-0.1, -0.05) is 48.5 Å². The van der Waals surface area contributed by atoms with Crippen molar-refractivity contribution in [2.24, 2.45) is 0 Å². The van der Waals surface area contributed by atoms with Crippen LogP contribution in [0.15, 0.2) is 85.5 Å². The van der Waals surface area contributed by atoms with E-state index in [2.05, 4.69) is 10.3 Å². The van der Waals surface area contributed by atoms with Crippen LogP contribution in [0.2, 0.25) is 0 Å². The first-order chi connectivity index (χ1) is 15.1. The zero-order valence-electron chi connectivity index (χ0n) is 16.3. The third-order valence-electron chi connectivity index (χ3n) is 5.46. The van der Waals surface area contributed by atoms with Crippen LogP contribution in [0.4, 0.5) is 14.5 Å².